The predicted molar refractivity (Wildman–Crippen MR) is 128 cm³/mol. The van der Waals surface area contributed by atoms with Crippen LogP contribution in [0.25, 0.3) is 0 Å². The summed E-state index contributed by atoms with van der Waals surface area (Å²) in [6.07, 6.45) is 0. The number of fused-ring (bicyclic) bond motifs is 1. The van der Waals surface area contributed by atoms with E-state index in [4.69, 9.17) is 21.4 Å². The van der Waals surface area contributed by atoms with Crippen molar-refractivity contribution in [2.45, 2.75) is 44.6 Å². The zero-order valence-corrected chi connectivity index (χ0v) is 20.0. The highest BCUT2D eigenvalue weighted by molar-refractivity contribution is 7.98. The van der Waals surface area contributed by atoms with Gasteiger partial charge in [0.05, 0.1) is 12.2 Å². The second kappa shape index (κ2) is 9.38. The fourth-order valence-electron chi connectivity index (χ4n) is 3.80. The van der Waals surface area contributed by atoms with E-state index < -0.39 is 6.04 Å². The van der Waals surface area contributed by atoms with Crippen molar-refractivity contribution in [3.05, 3.63) is 81.0 Å². The Bertz CT molecular complexity index is 1200. The fraction of sp³-hybridized carbons (Fsp3) is 0.292. The summed E-state index contributed by atoms with van der Waals surface area (Å²) in [7, 11) is 0. The molecule has 8 heteroatoms. The molecule has 1 aliphatic heterocycles. The van der Waals surface area contributed by atoms with Gasteiger partial charge in [0, 0.05) is 16.5 Å². The average Bonchev–Trinajstić information content (AvgIpc) is 3.14. The third-order valence-corrected chi connectivity index (χ3v) is 6.47. The largest absolute Gasteiger partial charge is 0.463 e. The lowest BCUT2D eigenvalue weighted by Gasteiger charge is -2.28. The van der Waals surface area contributed by atoms with E-state index in [0.29, 0.717) is 34.0 Å². The molecule has 0 bridgehead atoms. The molecule has 1 aromatic heterocycles. The highest BCUT2D eigenvalue weighted by atomic mass is 35.5. The number of carbonyl (C=O) groups excluding carboxylic acids is 1. The summed E-state index contributed by atoms with van der Waals surface area (Å²) in [5.41, 5.74) is 5.77. The highest BCUT2D eigenvalue weighted by Gasteiger charge is 2.35. The van der Waals surface area contributed by atoms with Crippen LogP contribution in [0.3, 0.4) is 0 Å². The van der Waals surface area contributed by atoms with Gasteiger partial charge in [0.1, 0.15) is 6.04 Å². The van der Waals surface area contributed by atoms with Crippen molar-refractivity contribution in [2.24, 2.45) is 0 Å². The van der Waals surface area contributed by atoms with Gasteiger partial charge in [-0.25, -0.2) is 9.48 Å². The number of aromatic nitrogens is 3. The molecule has 0 saturated carbocycles. The Hall–Kier alpha value is -2.77. The molecule has 0 radical (unpaired) electrons. The minimum absolute atomic E-state index is 0.291. The van der Waals surface area contributed by atoms with Crippen LogP contribution in [-0.2, 0) is 15.3 Å². The molecule has 0 spiro atoms. The number of carbonyl (C=O) groups is 1. The fourth-order valence-corrected chi connectivity index (χ4v) is 4.90. The van der Waals surface area contributed by atoms with Crippen LogP contribution in [0, 0.1) is 13.8 Å². The number of halogens is 1. The van der Waals surface area contributed by atoms with Crippen LogP contribution in [0.5, 0.6) is 0 Å². The van der Waals surface area contributed by atoms with E-state index in [1.807, 2.05) is 25.1 Å². The van der Waals surface area contributed by atoms with Gasteiger partial charge < -0.3 is 10.1 Å². The van der Waals surface area contributed by atoms with Gasteiger partial charge in [0.15, 0.2) is 0 Å². The summed E-state index contributed by atoms with van der Waals surface area (Å²) in [5.74, 6) is 0.964. The minimum atomic E-state index is -0.480. The molecule has 32 heavy (non-hydrogen) atoms. The Morgan fingerprint density at radius 1 is 1.22 bits per heavy atom. The first-order valence-electron chi connectivity index (χ1n) is 10.4. The smallest absolute Gasteiger partial charge is 0.338 e. The van der Waals surface area contributed by atoms with Gasteiger partial charge in [-0.3, -0.25) is 0 Å². The molecule has 0 unspecified atom stereocenters. The van der Waals surface area contributed by atoms with E-state index in [0.717, 1.165) is 11.3 Å². The molecule has 0 amide bonds. The SMILES string of the molecule is CCOC(=O)C1=C(C)Nc2nc(SCc3ccc(C)cc3C)nn2[C@@H]1c1cccc(Cl)c1. The van der Waals surface area contributed by atoms with Crippen LogP contribution in [0.1, 0.15) is 42.1 Å². The summed E-state index contributed by atoms with van der Waals surface area (Å²) < 4.78 is 7.09. The van der Waals surface area contributed by atoms with Gasteiger partial charge >= 0.3 is 5.97 Å². The molecule has 1 N–H and O–H groups in total. The Balaban J connectivity index is 1.69. The van der Waals surface area contributed by atoms with Gasteiger partial charge in [-0.05, 0) is 56.5 Å². The molecule has 166 valence electrons. The quantitative estimate of drug-likeness (QED) is 0.370. The van der Waals surface area contributed by atoms with Crippen molar-refractivity contribution in [1.82, 2.24) is 14.8 Å². The number of anilines is 1. The minimum Gasteiger partial charge on any atom is -0.463 e. The Kier molecular flexibility index (Phi) is 6.58. The first kappa shape index (κ1) is 22.4. The number of benzene rings is 2. The molecule has 3 aromatic rings. The molecular weight excluding hydrogens is 444 g/mol. The average molecular weight is 469 g/mol. The van der Waals surface area contributed by atoms with Crippen molar-refractivity contribution >= 4 is 35.3 Å². The standard InChI is InChI=1S/C24H25ClN4O2S/c1-5-31-22(30)20-16(4)26-23-27-24(32-13-18-10-9-14(2)11-15(18)3)28-29(23)21(20)17-7-6-8-19(25)12-17/h6-12,21H,5,13H2,1-4H3,(H,26,27,28)/t21-/m1/s1. The maximum atomic E-state index is 12.8. The zero-order valence-electron chi connectivity index (χ0n) is 18.5. The number of ether oxygens (including phenoxy) is 1. The molecule has 2 heterocycles. The Morgan fingerprint density at radius 3 is 2.75 bits per heavy atom. The van der Waals surface area contributed by atoms with Crippen molar-refractivity contribution in [3.63, 3.8) is 0 Å². The lowest BCUT2D eigenvalue weighted by molar-refractivity contribution is -0.139. The topological polar surface area (TPSA) is 69.0 Å². The molecule has 2 aromatic carbocycles. The lowest BCUT2D eigenvalue weighted by Crippen LogP contribution is -2.29. The number of aryl methyl sites for hydroxylation is 2. The van der Waals surface area contributed by atoms with Gasteiger partial charge in [-0.15, -0.1) is 5.10 Å². The van der Waals surface area contributed by atoms with E-state index >= 15 is 0 Å². The molecular formula is C24H25ClN4O2S. The molecule has 0 aliphatic carbocycles. The van der Waals surface area contributed by atoms with Crippen molar-refractivity contribution < 1.29 is 9.53 Å². The van der Waals surface area contributed by atoms with Gasteiger partial charge in [0.2, 0.25) is 11.1 Å². The van der Waals surface area contributed by atoms with E-state index in [1.165, 1.54) is 16.7 Å². The maximum absolute atomic E-state index is 12.8. The first-order chi connectivity index (χ1) is 15.4. The van der Waals surface area contributed by atoms with Crippen LogP contribution in [-0.4, -0.2) is 27.3 Å². The van der Waals surface area contributed by atoms with E-state index in [-0.39, 0.29) is 5.97 Å². The predicted octanol–water partition coefficient (Wildman–Crippen LogP) is 5.69. The van der Waals surface area contributed by atoms with Gasteiger partial charge in [-0.2, -0.15) is 4.98 Å². The maximum Gasteiger partial charge on any atom is 0.338 e. The van der Waals surface area contributed by atoms with Crippen LogP contribution in [0.2, 0.25) is 5.02 Å². The molecule has 4 rings (SSSR count). The van der Waals surface area contributed by atoms with Crippen molar-refractivity contribution in [3.8, 4) is 0 Å². The number of hydrogen-bond acceptors (Lipinski definition) is 6. The third kappa shape index (κ3) is 4.54. The summed E-state index contributed by atoms with van der Waals surface area (Å²) >= 11 is 7.83. The van der Waals surface area contributed by atoms with Crippen LogP contribution in [0.15, 0.2) is 58.9 Å². The highest BCUT2D eigenvalue weighted by Crippen LogP contribution is 2.37. The number of esters is 1. The Labute approximate surface area is 197 Å². The summed E-state index contributed by atoms with van der Waals surface area (Å²) in [4.78, 5) is 17.5. The second-order valence-corrected chi connectivity index (χ2v) is 9.10. The van der Waals surface area contributed by atoms with Crippen molar-refractivity contribution in [2.75, 3.05) is 11.9 Å². The molecule has 6 nitrogen and oxygen atoms in total. The summed E-state index contributed by atoms with van der Waals surface area (Å²) in [6.45, 7) is 8.14. The summed E-state index contributed by atoms with van der Waals surface area (Å²) in [5, 5.41) is 9.20. The molecule has 0 fully saturated rings. The van der Waals surface area contributed by atoms with Crippen molar-refractivity contribution in [1.29, 1.82) is 0 Å². The van der Waals surface area contributed by atoms with Gasteiger partial charge in [0.25, 0.3) is 0 Å². The number of thioether (sulfide) groups is 1. The van der Waals surface area contributed by atoms with Crippen LogP contribution in [0.4, 0.5) is 5.95 Å². The molecule has 0 saturated heterocycles. The van der Waals surface area contributed by atoms with E-state index in [1.54, 1.807) is 29.4 Å². The normalized spacial score (nSPS) is 15.3. The molecule has 1 atom stereocenters. The number of nitrogens with zero attached hydrogens (tertiary/aromatic N) is 3. The van der Waals surface area contributed by atoms with E-state index in [2.05, 4.69) is 42.3 Å². The number of nitrogens with one attached hydrogen (secondary N) is 1. The number of allylic oxidation sites excluding steroid dienone is 1. The summed E-state index contributed by atoms with van der Waals surface area (Å²) in [6, 6.07) is 13.4. The Morgan fingerprint density at radius 2 is 2.03 bits per heavy atom. The van der Waals surface area contributed by atoms with Crippen LogP contribution < -0.4 is 5.32 Å². The third-order valence-electron chi connectivity index (χ3n) is 5.35. The van der Waals surface area contributed by atoms with Crippen LogP contribution >= 0.6 is 23.4 Å². The first-order valence-corrected chi connectivity index (χ1v) is 11.8. The van der Waals surface area contributed by atoms with E-state index in [9.17, 15) is 4.79 Å². The molecule has 1 aliphatic rings. The second-order valence-electron chi connectivity index (χ2n) is 7.72. The monoisotopic (exact) mass is 468 g/mol. The number of hydrogen-bond donors (Lipinski definition) is 1. The number of rotatable bonds is 6. The van der Waals surface area contributed by atoms with Gasteiger partial charge in [-0.1, -0.05) is 59.3 Å². The lowest BCUT2D eigenvalue weighted by atomic mass is 9.96. The zero-order chi connectivity index (χ0) is 22.8.